The predicted molar refractivity (Wildman–Crippen MR) is 109 cm³/mol. The molecule has 3 N–H and O–H groups in total. The third-order valence-corrected chi connectivity index (χ3v) is 4.76. The van der Waals surface area contributed by atoms with Gasteiger partial charge in [-0.25, -0.2) is 0 Å². The number of hydrogen-bond donors (Lipinski definition) is 3. The van der Waals surface area contributed by atoms with E-state index in [1.54, 1.807) is 0 Å². The summed E-state index contributed by atoms with van der Waals surface area (Å²) in [6.45, 7) is 9.63. The first-order valence-corrected chi connectivity index (χ1v) is 8.74. The summed E-state index contributed by atoms with van der Waals surface area (Å²) >= 11 is 0. The highest BCUT2D eigenvalue weighted by molar-refractivity contribution is 14.0. The quantitative estimate of drug-likeness (QED) is 0.364. The molecule has 1 aromatic rings. The molecule has 1 aliphatic carbocycles. The van der Waals surface area contributed by atoms with Gasteiger partial charge in [0.2, 0.25) is 0 Å². The fourth-order valence-corrected chi connectivity index (χ4v) is 3.11. The lowest BCUT2D eigenvalue weighted by molar-refractivity contribution is 0.00715. The summed E-state index contributed by atoms with van der Waals surface area (Å²) in [5, 5.41) is 17.0. The number of rotatable bonds is 5. The zero-order valence-corrected chi connectivity index (χ0v) is 17.6. The highest BCUT2D eigenvalue weighted by Crippen LogP contribution is 2.36. The molecule has 2 rings (SSSR count). The van der Waals surface area contributed by atoms with Gasteiger partial charge < -0.3 is 20.2 Å². The normalized spacial score (nSPS) is 25.7. The molecule has 0 bridgehead atoms. The largest absolute Gasteiger partial charge is 0.464 e. The smallest absolute Gasteiger partial charge is 0.191 e. The summed E-state index contributed by atoms with van der Waals surface area (Å²) in [6.07, 6.45) is 3.96. The lowest BCUT2D eigenvalue weighted by atomic mass is 9.73. The van der Waals surface area contributed by atoms with Crippen molar-refractivity contribution in [2.75, 3.05) is 13.1 Å². The van der Waals surface area contributed by atoms with Crippen LogP contribution in [-0.4, -0.2) is 30.3 Å². The van der Waals surface area contributed by atoms with Crippen LogP contribution in [0, 0.1) is 12.3 Å². The Morgan fingerprint density at radius 1 is 1.46 bits per heavy atom. The van der Waals surface area contributed by atoms with Crippen LogP contribution in [0.15, 0.2) is 21.5 Å². The molecule has 0 aliphatic heterocycles. The van der Waals surface area contributed by atoms with Crippen LogP contribution in [0.3, 0.4) is 0 Å². The van der Waals surface area contributed by atoms with E-state index in [9.17, 15) is 5.11 Å². The van der Waals surface area contributed by atoms with Crippen LogP contribution in [0.5, 0.6) is 0 Å². The lowest BCUT2D eigenvalue weighted by Gasteiger charge is -2.37. The maximum absolute atomic E-state index is 10.3. The van der Waals surface area contributed by atoms with E-state index in [4.69, 9.17) is 9.41 Å². The van der Waals surface area contributed by atoms with Crippen LogP contribution in [0.4, 0.5) is 0 Å². The van der Waals surface area contributed by atoms with E-state index in [0.717, 1.165) is 43.3 Å². The average Bonchev–Trinajstić information content (AvgIpc) is 2.95. The molecular weight excluding hydrogens is 417 g/mol. The van der Waals surface area contributed by atoms with Crippen molar-refractivity contribution in [2.24, 2.45) is 10.4 Å². The summed E-state index contributed by atoms with van der Waals surface area (Å²) in [4.78, 5) is 4.72. The fourth-order valence-electron chi connectivity index (χ4n) is 3.11. The summed E-state index contributed by atoms with van der Waals surface area (Å²) in [7, 11) is 0. The van der Waals surface area contributed by atoms with E-state index < -0.39 is 0 Å². The van der Waals surface area contributed by atoms with Crippen LogP contribution in [-0.2, 0) is 0 Å². The first-order valence-electron chi connectivity index (χ1n) is 8.74. The third kappa shape index (κ3) is 5.65. The molecule has 0 aromatic carbocycles. The molecule has 0 radical (unpaired) electrons. The molecule has 3 atom stereocenters. The Balaban J connectivity index is 0.00000288. The van der Waals surface area contributed by atoms with Crippen molar-refractivity contribution in [3.63, 3.8) is 0 Å². The van der Waals surface area contributed by atoms with Gasteiger partial charge in [-0.05, 0) is 45.7 Å². The maximum Gasteiger partial charge on any atom is 0.191 e. The first kappa shape index (κ1) is 21.3. The van der Waals surface area contributed by atoms with Gasteiger partial charge in [0.1, 0.15) is 11.5 Å². The Bertz CT molecular complexity index is 532. The Hall–Kier alpha value is -0.760. The highest BCUT2D eigenvalue weighted by Gasteiger charge is 2.35. The minimum Gasteiger partial charge on any atom is -0.464 e. The van der Waals surface area contributed by atoms with Crippen molar-refractivity contribution in [3.8, 4) is 0 Å². The molecule has 1 heterocycles. The number of furan rings is 1. The summed E-state index contributed by atoms with van der Waals surface area (Å²) < 4.78 is 5.67. The molecule has 24 heavy (non-hydrogen) atoms. The van der Waals surface area contributed by atoms with E-state index >= 15 is 0 Å². The number of aliphatic imine (C=N–C) groups is 1. The van der Waals surface area contributed by atoms with Crippen LogP contribution in [0.1, 0.15) is 64.0 Å². The molecule has 6 heteroatoms. The van der Waals surface area contributed by atoms with Gasteiger partial charge in [0.05, 0.1) is 18.7 Å². The van der Waals surface area contributed by atoms with E-state index in [0.29, 0.717) is 6.54 Å². The van der Waals surface area contributed by atoms with Gasteiger partial charge >= 0.3 is 0 Å². The molecule has 0 saturated heterocycles. The standard InChI is InChI=1S/C18H31N3O2.HI/c1-5-19-17(21-14(3)15-10-9-13(2)23-15)20-12-18(4)11-7-6-8-16(18)22;/h9-10,14,16,22H,5-8,11-12H2,1-4H3,(H2,19,20,21);1H. The van der Waals surface area contributed by atoms with E-state index in [1.807, 2.05) is 19.1 Å². The molecular formula is C18H32IN3O2. The second-order valence-electron chi connectivity index (χ2n) is 6.93. The van der Waals surface area contributed by atoms with Gasteiger partial charge in [0.25, 0.3) is 0 Å². The molecule has 1 fully saturated rings. The molecule has 0 amide bonds. The Kier molecular flexibility index (Phi) is 8.56. The van der Waals surface area contributed by atoms with E-state index in [1.165, 1.54) is 6.42 Å². The third-order valence-electron chi connectivity index (χ3n) is 4.76. The molecule has 1 saturated carbocycles. The zero-order valence-electron chi connectivity index (χ0n) is 15.3. The van der Waals surface area contributed by atoms with Crippen molar-refractivity contribution in [2.45, 2.75) is 65.5 Å². The van der Waals surface area contributed by atoms with Crippen molar-refractivity contribution >= 4 is 29.9 Å². The molecule has 138 valence electrons. The Labute approximate surface area is 162 Å². The second kappa shape index (κ2) is 9.65. The Morgan fingerprint density at radius 2 is 2.21 bits per heavy atom. The van der Waals surface area contributed by atoms with Gasteiger partial charge in [0.15, 0.2) is 5.96 Å². The van der Waals surface area contributed by atoms with E-state index in [-0.39, 0.29) is 41.5 Å². The van der Waals surface area contributed by atoms with E-state index in [2.05, 4.69) is 31.4 Å². The monoisotopic (exact) mass is 449 g/mol. The number of aryl methyl sites for hydroxylation is 1. The molecule has 0 spiro atoms. The van der Waals surface area contributed by atoms with Gasteiger partial charge in [-0.15, -0.1) is 24.0 Å². The summed E-state index contributed by atoms with van der Waals surface area (Å²) in [6, 6.07) is 4.00. The number of nitrogens with one attached hydrogen (secondary N) is 2. The van der Waals surface area contributed by atoms with Gasteiger partial charge in [-0.3, -0.25) is 4.99 Å². The van der Waals surface area contributed by atoms with Gasteiger partial charge in [-0.2, -0.15) is 0 Å². The van der Waals surface area contributed by atoms with Crippen molar-refractivity contribution < 1.29 is 9.52 Å². The Morgan fingerprint density at radius 3 is 2.79 bits per heavy atom. The van der Waals surface area contributed by atoms with Crippen LogP contribution >= 0.6 is 24.0 Å². The molecule has 5 nitrogen and oxygen atoms in total. The number of hydrogen-bond acceptors (Lipinski definition) is 3. The summed E-state index contributed by atoms with van der Waals surface area (Å²) in [5.41, 5.74) is -0.120. The molecule has 1 aliphatic rings. The summed E-state index contributed by atoms with van der Waals surface area (Å²) in [5.74, 6) is 2.58. The number of aliphatic hydroxyl groups is 1. The topological polar surface area (TPSA) is 69.8 Å². The minimum atomic E-state index is -0.256. The lowest BCUT2D eigenvalue weighted by Crippen LogP contribution is -2.42. The van der Waals surface area contributed by atoms with Crippen LogP contribution in [0.25, 0.3) is 0 Å². The van der Waals surface area contributed by atoms with Gasteiger partial charge in [-0.1, -0.05) is 19.8 Å². The number of halogens is 1. The second-order valence-corrected chi connectivity index (χ2v) is 6.93. The minimum absolute atomic E-state index is 0. The van der Waals surface area contributed by atoms with Crippen LogP contribution in [0.2, 0.25) is 0 Å². The highest BCUT2D eigenvalue weighted by atomic mass is 127. The van der Waals surface area contributed by atoms with Crippen molar-refractivity contribution in [1.82, 2.24) is 10.6 Å². The zero-order chi connectivity index (χ0) is 16.9. The number of guanidine groups is 1. The number of nitrogens with zero attached hydrogens (tertiary/aromatic N) is 1. The SMILES string of the molecule is CCNC(=NCC1(C)CCCCC1O)NC(C)c1ccc(C)o1.I. The van der Waals surface area contributed by atoms with Crippen molar-refractivity contribution in [3.05, 3.63) is 23.7 Å². The fraction of sp³-hybridized carbons (Fsp3) is 0.722. The van der Waals surface area contributed by atoms with Crippen LogP contribution < -0.4 is 10.6 Å². The number of aliphatic hydroxyl groups excluding tert-OH is 1. The molecule has 1 aromatic heterocycles. The predicted octanol–water partition coefficient (Wildman–Crippen LogP) is 3.76. The van der Waals surface area contributed by atoms with Crippen molar-refractivity contribution in [1.29, 1.82) is 0 Å². The van der Waals surface area contributed by atoms with Gasteiger partial charge in [0, 0.05) is 12.0 Å². The molecule has 3 unspecified atom stereocenters. The average molecular weight is 449 g/mol. The maximum atomic E-state index is 10.3. The first-order chi connectivity index (χ1) is 10.9.